The van der Waals surface area contributed by atoms with E-state index < -0.39 is 5.97 Å². The highest BCUT2D eigenvalue weighted by Gasteiger charge is 2.13. The molecule has 0 fully saturated rings. The fourth-order valence-electron chi connectivity index (χ4n) is 1.11. The van der Waals surface area contributed by atoms with Crippen LogP contribution in [0.1, 0.15) is 26.3 Å². The van der Waals surface area contributed by atoms with Gasteiger partial charge in [-0.15, -0.1) is 0 Å². The Hall–Kier alpha value is -1.42. The van der Waals surface area contributed by atoms with Crippen LogP contribution in [-0.4, -0.2) is 18.2 Å². The Balaban J connectivity index is 2.33. The van der Waals surface area contributed by atoms with Crippen LogP contribution in [0.15, 0.2) is 24.3 Å². The fraction of sp³-hybridized carbons (Fsp3) is 0.462. The Labute approximate surface area is 101 Å². The van der Waals surface area contributed by atoms with E-state index in [-0.39, 0.29) is 24.6 Å². The number of ether oxygens (including phenoxy) is 2. The first-order chi connectivity index (χ1) is 7.87. The first-order valence-electron chi connectivity index (χ1n) is 5.41. The van der Waals surface area contributed by atoms with E-state index in [1.807, 2.05) is 20.8 Å². The molecule has 3 nitrogen and oxygen atoms in total. The largest absolute Gasteiger partial charge is 0.459 e. The minimum atomic E-state index is -0.454. The number of esters is 1. The Morgan fingerprint density at radius 2 is 2.06 bits per heavy atom. The molecule has 0 heterocycles. The molecule has 0 aliphatic heterocycles. The monoisotopic (exact) mass is 240 g/mol. The number of hydrogen-bond acceptors (Lipinski definition) is 3. The van der Waals surface area contributed by atoms with E-state index in [1.54, 1.807) is 12.1 Å². The molecule has 0 aromatic heterocycles. The van der Waals surface area contributed by atoms with Gasteiger partial charge < -0.3 is 9.47 Å². The number of benzene rings is 1. The third kappa shape index (κ3) is 6.02. The smallest absolute Gasteiger partial charge is 0.332 e. The van der Waals surface area contributed by atoms with Crippen molar-refractivity contribution >= 4 is 5.97 Å². The molecule has 1 aromatic carbocycles. The van der Waals surface area contributed by atoms with Gasteiger partial charge in [-0.05, 0) is 38.5 Å². The minimum absolute atomic E-state index is 0.0596. The van der Waals surface area contributed by atoms with Crippen molar-refractivity contribution in [3.05, 3.63) is 35.6 Å². The molecule has 4 heteroatoms. The minimum Gasteiger partial charge on any atom is -0.459 e. The van der Waals surface area contributed by atoms with E-state index in [0.29, 0.717) is 5.56 Å². The molecule has 0 atom stereocenters. The van der Waals surface area contributed by atoms with E-state index >= 15 is 0 Å². The molecule has 17 heavy (non-hydrogen) atoms. The summed E-state index contributed by atoms with van der Waals surface area (Å²) in [5.41, 5.74) is 0.242. The maximum Gasteiger partial charge on any atom is 0.332 e. The van der Waals surface area contributed by atoms with Gasteiger partial charge >= 0.3 is 5.97 Å². The zero-order chi connectivity index (χ0) is 12.9. The van der Waals surface area contributed by atoms with Crippen molar-refractivity contribution < 1.29 is 18.7 Å². The third-order valence-electron chi connectivity index (χ3n) is 1.91. The lowest BCUT2D eigenvalue weighted by atomic mass is 10.2. The van der Waals surface area contributed by atoms with Gasteiger partial charge in [-0.25, -0.2) is 9.18 Å². The van der Waals surface area contributed by atoms with E-state index in [1.165, 1.54) is 12.1 Å². The molecule has 0 aliphatic rings. The lowest BCUT2D eigenvalue weighted by Gasteiger charge is -2.18. The van der Waals surface area contributed by atoms with Gasteiger partial charge in [0.1, 0.15) is 19.0 Å². The summed E-state index contributed by atoms with van der Waals surface area (Å²) >= 11 is 0. The highest BCUT2D eigenvalue weighted by atomic mass is 19.1. The molecule has 0 saturated heterocycles. The third-order valence-corrected chi connectivity index (χ3v) is 1.91. The second-order valence-corrected chi connectivity index (χ2v) is 4.69. The van der Waals surface area contributed by atoms with Crippen LogP contribution in [0.2, 0.25) is 0 Å². The number of carbonyl (C=O) groups is 1. The summed E-state index contributed by atoms with van der Waals surface area (Å²) in [6, 6.07) is 5.94. The molecule has 0 spiro atoms. The molecule has 0 N–H and O–H groups in total. The standard InChI is InChI=1S/C13H17FO3/c1-13(2,3)17-9-12(15)16-8-10-5-4-6-11(14)7-10/h4-7H,8-9H2,1-3H3. The molecule has 0 saturated carbocycles. The molecule has 0 aliphatic carbocycles. The van der Waals surface area contributed by atoms with Crippen LogP contribution in [0.5, 0.6) is 0 Å². The summed E-state index contributed by atoms with van der Waals surface area (Å²) in [7, 11) is 0. The summed E-state index contributed by atoms with van der Waals surface area (Å²) < 4.78 is 23.0. The summed E-state index contributed by atoms with van der Waals surface area (Å²) in [6.45, 7) is 5.52. The first kappa shape index (κ1) is 13.6. The Morgan fingerprint density at radius 1 is 1.35 bits per heavy atom. The van der Waals surface area contributed by atoms with Crippen molar-refractivity contribution in [2.75, 3.05) is 6.61 Å². The van der Waals surface area contributed by atoms with Crippen LogP contribution in [0.3, 0.4) is 0 Å². The molecule has 1 aromatic rings. The molecular weight excluding hydrogens is 223 g/mol. The van der Waals surface area contributed by atoms with Crippen molar-refractivity contribution in [3.8, 4) is 0 Å². The molecule has 0 radical (unpaired) electrons. The van der Waals surface area contributed by atoms with Crippen molar-refractivity contribution in [1.82, 2.24) is 0 Å². The maximum atomic E-state index is 12.8. The quantitative estimate of drug-likeness (QED) is 0.759. The predicted molar refractivity (Wildman–Crippen MR) is 61.9 cm³/mol. The zero-order valence-electron chi connectivity index (χ0n) is 10.3. The van der Waals surface area contributed by atoms with E-state index in [4.69, 9.17) is 9.47 Å². The van der Waals surface area contributed by atoms with Gasteiger partial charge in [-0.1, -0.05) is 12.1 Å². The van der Waals surface area contributed by atoms with Crippen LogP contribution < -0.4 is 0 Å². The summed E-state index contributed by atoms with van der Waals surface area (Å²) in [5, 5.41) is 0. The number of rotatable bonds is 4. The van der Waals surface area contributed by atoms with Gasteiger partial charge in [-0.2, -0.15) is 0 Å². The topological polar surface area (TPSA) is 35.5 Å². The molecule has 1 rings (SSSR count). The molecule has 0 amide bonds. The lowest BCUT2D eigenvalue weighted by molar-refractivity contribution is -0.155. The lowest BCUT2D eigenvalue weighted by Crippen LogP contribution is -2.24. The average molecular weight is 240 g/mol. The zero-order valence-corrected chi connectivity index (χ0v) is 10.3. The normalized spacial score (nSPS) is 11.3. The van der Waals surface area contributed by atoms with Crippen LogP contribution in [0.25, 0.3) is 0 Å². The van der Waals surface area contributed by atoms with Crippen LogP contribution in [-0.2, 0) is 20.9 Å². The highest BCUT2D eigenvalue weighted by molar-refractivity contribution is 5.70. The van der Waals surface area contributed by atoms with Gasteiger partial charge in [0.05, 0.1) is 5.60 Å². The van der Waals surface area contributed by atoms with Gasteiger partial charge in [0, 0.05) is 0 Å². The van der Waals surface area contributed by atoms with Gasteiger partial charge in [0.15, 0.2) is 0 Å². The summed E-state index contributed by atoms with van der Waals surface area (Å²) in [6.07, 6.45) is 0. The van der Waals surface area contributed by atoms with Crippen molar-refractivity contribution in [2.24, 2.45) is 0 Å². The molecule has 0 unspecified atom stereocenters. The van der Waals surface area contributed by atoms with Crippen LogP contribution in [0, 0.1) is 5.82 Å². The van der Waals surface area contributed by atoms with E-state index in [0.717, 1.165) is 0 Å². The first-order valence-corrected chi connectivity index (χ1v) is 5.41. The predicted octanol–water partition coefficient (Wildman–Crippen LogP) is 2.68. The maximum absolute atomic E-state index is 12.8. The van der Waals surface area contributed by atoms with Crippen molar-refractivity contribution in [3.63, 3.8) is 0 Å². The summed E-state index contributed by atoms with van der Waals surface area (Å²) in [5.74, 6) is -0.798. The molecule has 0 bridgehead atoms. The van der Waals surface area contributed by atoms with Gasteiger partial charge in [0.25, 0.3) is 0 Å². The van der Waals surface area contributed by atoms with E-state index in [9.17, 15) is 9.18 Å². The number of hydrogen-bond donors (Lipinski definition) is 0. The summed E-state index contributed by atoms with van der Waals surface area (Å²) in [4.78, 5) is 11.3. The van der Waals surface area contributed by atoms with Crippen molar-refractivity contribution in [1.29, 1.82) is 0 Å². The van der Waals surface area contributed by atoms with Crippen molar-refractivity contribution in [2.45, 2.75) is 33.0 Å². The van der Waals surface area contributed by atoms with Crippen LogP contribution in [0.4, 0.5) is 4.39 Å². The fourth-order valence-corrected chi connectivity index (χ4v) is 1.11. The molecular formula is C13H17FO3. The number of halogens is 1. The Morgan fingerprint density at radius 3 is 2.65 bits per heavy atom. The van der Waals surface area contributed by atoms with Gasteiger partial charge in [0.2, 0.25) is 0 Å². The Bertz CT molecular complexity index is 382. The SMILES string of the molecule is CC(C)(C)OCC(=O)OCc1cccc(F)c1. The number of carbonyl (C=O) groups excluding carboxylic acids is 1. The average Bonchev–Trinajstić information content (AvgIpc) is 2.23. The molecule has 94 valence electrons. The van der Waals surface area contributed by atoms with Gasteiger partial charge in [-0.3, -0.25) is 0 Å². The van der Waals surface area contributed by atoms with E-state index in [2.05, 4.69) is 0 Å². The second kappa shape index (κ2) is 5.77. The Kier molecular flexibility index (Phi) is 4.63. The highest BCUT2D eigenvalue weighted by Crippen LogP contribution is 2.08. The second-order valence-electron chi connectivity index (χ2n) is 4.69. The van der Waals surface area contributed by atoms with Crippen LogP contribution >= 0.6 is 0 Å².